The van der Waals surface area contributed by atoms with Gasteiger partial charge in [-0.15, -0.1) is 0 Å². The van der Waals surface area contributed by atoms with Crippen molar-refractivity contribution in [1.82, 2.24) is 5.32 Å². The number of nitrogens with one attached hydrogen (secondary N) is 1. The van der Waals surface area contributed by atoms with E-state index in [-0.39, 0.29) is 0 Å². The second-order valence-electron chi connectivity index (χ2n) is 4.59. The van der Waals surface area contributed by atoms with Crippen molar-refractivity contribution in [2.24, 2.45) is 4.99 Å². The van der Waals surface area contributed by atoms with E-state index < -0.39 is 37.3 Å². The zero-order chi connectivity index (χ0) is 15.0. The van der Waals surface area contributed by atoms with Crippen molar-refractivity contribution >= 4 is 6.40 Å². The molecule has 0 amide bonds. The molecule has 1 fully saturated rings. The molecule has 20 heavy (non-hydrogen) atoms. The van der Waals surface area contributed by atoms with Gasteiger partial charge in [-0.25, -0.2) is 0 Å². The van der Waals surface area contributed by atoms with Crippen molar-refractivity contribution in [2.45, 2.75) is 44.0 Å². The molecule has 8 nitrogen and oxygen atoms in total. The van der Waals surface area contributed by atoms with Crippen LogP contribution in [-0.4, -0.2) is 83.8 Å². The summed E-state index contributed by atoms with van der Waals surface area (Å²) in [5.74, 6) is 0. The fraction of sp³-hybridized carbons (Fsp3) is 0.917. The van der Waals surface area contributed by atoms with Crippen LogP contribution in [0, 0.1) is 0 Å². The molecule has 0 aromatic carbocycles. The van der Waals surface area contributed by atoms with Gasteiger partial charge in [0.2, 0.25) is 0 Å². The van der Waals surface area contributed by atoms with Crippen LogP contribution in [0.15, 0.2) is 4.99 Å². The highest BCUT2D eigenvalue weighted by Gasteiger charge is 2.43. The molecule has 0 radical (unpaired) electrons. The zero-order valence-corrected chi connectivity index (χ0v) is 11.6. The lowest BCUT2D eigenvalue weighted by Gasteiger charge is -2.40. The number of nitrogens with zero attached hydrogens (tertiary/aromatic N) is 1. The van der Waals surface area contributed by atoms with E-state index in [1.54, 1.807) is 0 Å². The van der Waals surface area contributed by atoms with Gasteiger partial charge in [0.15, 0.2) is 12.7 Å². The first-order chi connectivity index (χ1) is 9.61. The van der Waals surface area contributed by atoms with Gasteiger partial charge in [-0.05, 0) is 13.0 Å². The highest BCUT2D eigenvalue weighted by Crippen LogP contribution is 2.19. The Hall–Kier alpha value is -0.770. The molecule has 1 unspecified atom stereocenters. The van der Waals surface area contributed by atoms with Gasteiger partial charge < -0.3 is 35.2 Å². The Bertz CT molecular complexity index is 285. The number of aliphatic hydroxyl groups excluding tert-OH is 4. The maximum atomic E-state index is 9.67. The van der Waals surface area contributed by atoms with E-state index in [4.69, 9.17) is 9.84 Å². The number of hydrogen-bond donors (Lipinski definition) is 5. The maximum absolute atomic E-state index is 9.67. The number of aliphatic hydroxyl groups is 4. The van der Waals surface area contributed by atoms with Crippen LogP contribution >= 0.6 is 0 Å². The monoisotopic (exact) mass is 292 g/mol. The highest BCUT2D eigenvalue weighted by atomic mass is 16.6. The summed E-state index contributed by atoms with van der Waals surface area (Å²) in [6.07, 6.45) is -2.15. The summed E-state index contributed by atoms with van der Waals surface area (Å²) in [7, 11) is 0. The van der Waals surface area contributed by atoms with Crippen LogP contribution in [0.4, 0.5) is 0 Å². The third-order valence-corrected chi connectivity index (χ3v) is 3.02. The molecule has 8 heteroatoms. The Morgan fingerprint density at radius 3 is 2.50 bits per heavy atom. The van der Waals surface area contributed by atoms with Crippen molar-refractivity contribution in [2.75, 3.05) is 26.3 Å². The first-order valence-corrected chi connectivity index (χ1v) is 6.75. The molecule has 0 saturated carbocycles. The molecule has 1 saturated heterocycles. The topological polar surface area (TPSA) is 124 Å². The molecular weight excluding hydrogens is 268 g/mol. The molecule has 2 rings (SSSR count). The molecule has 2 heterocycles. The summed E-state index contributed by atoms with van der Waals surface area (Å²) in [5, 5.41) is 40.4. The first kappa shape index (κ1) is 17.3. The van der Waals surface area contributed by atoms with Gasteiger partial charge in [-0.1, -0.05) is 6.92 Å². The summed E-state index contributed by atoms with van der Waals surface area (Å²) in [6, 6.07) is -0.720. The fourth-order valence-electron chi connectivity index (χ4n) is 1.89. The normalized spacial score (nSPS) is 36.1. The molecular formula is C12H24N2O6. The molecule has 0 aliphatic carbocycles. The second kappa shape index (κ2) is 9.22. The average molecular weight is 292 g/mol. The van der Waals surface area contributed by atoms with Crippen molar-refractivity contribution in [1.29, 1.82) is 0 Å². The SMILES string of the molecule is C1=NCCO1.CCCN[C@H]1C(O)O[C@H](CO)[C@@H](O)[C@@H]1O. The van der Waals surface area contributed by atoms with Crippen LogP contribution in [0.5, 0.6) is 0 Å². The van der Waals surface area contributed by atoms with E-state index in [0.717, 1.165) is 19.6 Å². The minimum atomic E-state index is -1.22. The van der Waals surface area contributed by atoms with E-state index in [1.807, 2.05) is 6.92 Å². The third-order valence-electron chi connectivity index (χ3n) is 3.02. The molecule has 0 bridgehead atoms. The van der Waals surface area contributed by atoms with Gasteiger partial charge in [0, 0.05) is 0 Å². The molecule has 5 N–H and O–H groups in total. The smallest absolute Gasteiger partial charge is 0.173 e. The quantitative estimate of drug-likeness (QED) is 0.399. The van der Waals surface area contributed by atoms with Crippen molar-refractivity contribution in [3.8, 4) is 0 Å². The summed E-state index contributed by atoms with van der Waals surface area (Å²) < 4.78 is 9.61. The van der Waals surface area contributed by atoms with Gasteiger partial charge in [0.1, 0.15) is 24.9 Å². The number of rotatable bonds is 4. The Kier molecular flexibility index (Phi) is 7.97. The third kappa shape index (κ3) is 4.97. The number of hydrogen-bond acceptors (Lipinski definition) is 8. The molecule has 2 aliphatic rings. The Balaban J connectivity index is 0.000000333. The lowest BCUT2D eigenvalue weighted by atomic mass is 9.97. The second-order valence-corrected chi connectivity index (χ2v) is 4.59. The van der Waals surface area contributed by atoms with E-state index in [9.17, 15) is 15.3 Å². The van der Waals surface area contributed by atoms with Gasteiger partial charge in [-0.2, -0.15) is 0 Å². The Morgan fingerprint density at radius 1 is 1.30 bits per heavy atom. The summed E-state index contributed by atoms with van der Waals surface area (Å²) in [6.45, 7) is 3.75. The predicted molar refractivity (Wildman–Crippen MR) is 71.4 cm³/mol. The van der Waals surface area contributed by atoms with Crippen LogP contribution in [0.3, 0.4) is 0 Å². The molecule has 0 aromatic rings. The van der Waals surface area contributed by atoms with Crippen LogP contribution in [0.25, 0.3) is 0 Å². The van der Waals surface area contributed by atoms with Gasteiger partial charge >= 0.3 is 0 Å². The van der Waals surface area contributed by atoms with Crippen LogP contribution < -0.4 is 5.32 Å². The van der Waals surface area contributed by atoms with Gasteiger partial charge in [-0.3, -0.25) is 4.99 Å². The van der Waals surface area contributed by atoms with Crippen molar-refractivity contribution in [3.05, 3.63) is 0 Å². The minimum Gasteiger partial charge on any atom is -0.482 e. The average Bonchev–Trinajstić information content (AvgIpc) is 3.02. The largest absolute Gasteiger partial charge is 0.482 e. The molecule has 5 atom stereocenters. The van der Waals surface area contributed by atoms with Crippen LogP contribution in [0.2, 0.25) is 0 Å². The molecule has 0 aromatic heterocycles. The lowest BCUT2D eigenvalue weighted by Crippen LogP contribution is -2.63. The molecule has 118 valence electrons. The van der Waals surface area contributed by atoms with E-state index >= 15 is 0 Å². The van der Waals surface area contributed by atoms with Crippen LogP contribution in [-0.2, 0) is 9.47 Å². The summed E-state index contributed by atoms with van der Waals surface area (Å²) >= 11 is 0. The number of aliphatic imine (C=N–C) groups is 1. The Morgan fingerprint density at radius 2 is 2.05 bits per heavy atom. The highest BCUT2D eigenvalue weighted by molar-refractivity contribution is 5.47. The minimum absolute atomic E-state index is 0.435. The fourth-order valence-corrected chi connectivity index (χ4v) is 1.89. The standard InChI is InChI=1S/C9H19NO5.C3H5NO/c1-2-3-10-6-8(13)7(12)5(4-11)15-9(6)14;1-2-5-3-4-1/h5-14H,2-4H2,1H3;3H,1-2H2/t5-,6-,7-,8-,9?;/m1./s1. The molecule has 0 spiro atoms. The first-order valence-electron chi connectivity index (χ1n) is 6.75. The van der Waals surface area contributed by atoms with E-state index in [2.05, 4.69) is 15.0 Å². The van der Waals surface area contributed by atoms with Crippen molar-refractivity contribution in [3.63, 3.8) is 0 Å². The van der Waals surface area contributed by atoms with Gasteiger partial charge in [0.25, 0.3) is 0 Å². The summed E-state index contributed by atoms with van der Waals surface area (Å²) in [5.41, 5.74) is 0. The van der Waals surface area contributed by atoms with Gasteiger partial charge in [0.05, 0.1) is 19.2 Å². The summed E-state index contributed by atoms with van der Waals surface area (Å²) in [4.78, 5) is 3.74. The number of ether oxygens (including phenoxy) is 2. The maximum Gasteiger partial charge on any atom is 0.173 e. The lowest BCUT2D eigenvalue weighted by molar-refractivity contribution is -0.254. The van der Waals surface area contributed by atoms with E-state index in [1.165, 1.54) is 6.40 Å². The van der Waals surface area contributed by atoms with Crippen molar-refractivity contribution < 1.29 is 29.9 Å². The predicted octanol–water partition coefficient (Wildman–Crippen LogP) is -2.17. The molecule has 2 aliphatic heterocycles. The Labute approximate surface area is 118 Å². The van der Waals surface area contributed by atoms with E-state index in [0.29, 0.717) is 6.54 Å². The zero-order valence-electron chi connectivity index (χ0n) is 11.6. The van der Waals surface area contributed by atoms with Crippen LogP contribution in [0.1, 0.15) is 13.3 Å².